The molecule has 1 saturated heterocycles. The van der Waals surface area contributed by atoms with Crippen LogP contribution in [0.25, 0.3) is 5.76 Å². The van der Waals surface area contributed by atoms with Crippen molar-refractivity contribution < 1.29 is 27.9 Å². The summed E-state index contributed by atoms with van der Waals surface area (Å²) in [6, 6.07) is 6.25. The highest BCUT2D eigenvalue weighted by molar-refractivity contribution is 6.46. The van der Waals surface area contributed by atoms with Crippen molar-refractivity contribution in [3.8, 4) is 0 Å². The quantitative estimate of drug-likeness (QED) is 0.363. The summed E-state index contributed by atoms with van der Waals surface area (Å²) >= 11 is 0. The van der Waals surface area contributed by atoms with Gasteiger partial charge in [-0.2, -0.15) is 13.2 Å². The van der Waals surface area contributed by atoms with E-state index in [9.17, 15) is 27.9 Å². The first kappa shape index (κ1) is 20.3. The van der Waals surface area contributed by atoms with Crippen molar-refractivity contribution in [1.82, 2.24) is 9.88 Å². The van der Waals surface area contributed by atoms with Crippen LogP contribution in [-0.4, -0.2) is 33.2 Å². The maximum absolute atomic E-state index is 12.9. The second-order valence-electron chi connectivity index (χ2n) is 6.55. The predicted molar refractivity (Wildman–Crippen MR) is 99.6 cm³/mol. The number of nitrogens with zero attached hydrogens (tertiary/aromatic N) is 2. The maximum Gasteiger partial charge on any atom is 0.416 e. The number of aryl methyl sites for hydroxylation is 1. The first-order valence-corrected chi connectivity index (χ1v) is 8.64. The van der Waals surface area contributed by atoms with Gasteiger partial charge in [0.05, 0.1) is 17.2 Å². The molecule has 1 aliphatic heterocycles. The average Bonchev–Trinajstić information content (AvgIpc) is 2.93. The lowest BCUT2D eigenvalue weighted by molar-refractivity contribution is -0.139. The zero-order chi connectivity index (χ0) is 21.3. The SMILES string of the molecule is C=CCN1C(=O)C(=O)C(=C(O)c2ccc(C)nc2)[C@@H]1c1ccc(C(F)(F)F)cc1. The molecule has 5 nitrogen and oxygen atoms in total. The summed E-state index contributed by atoms with van der Waals surface area (Å²) in [6.45, 7) is 5.28. The Morgan fingerprint density at radius 2 is 1.86 bits per heavy atom. The number of pyridine rings is 1. The van der Waals surface area contributed by atoms with Crippen LogP contribution < -0.4 is 0 Å². The molecule has 0 aliphatic carbocycles. The van der Waals surface area contributed by atoms with Gasteiger partial charge in [0.1, 0.15) is 5.76 Å². The molecule has 3 rings (SSSR count). The Morgan fingerprint density at radius 1 is 1.21 bits per heavy atom. The molecule has 0 spiro atoms. The maximum atomic E-state index is 12.9. The fourth-order valence-electron chi connectivity index (χ4n) is 3.17. The highest BCUT2D eigenvalue weighted by atomic mass is 19.4. The lowest BCUT2D eigenvalue weighted by Crippen LogP contribution is -2.29. The smallest absolute Gasteiger partial charge is 0.416 e. The fraction of sp³-hybridized carbons (Fsp3) is 0.190. The molecule has 2 aromatic rings. The lowest BCUT2D eigenvalue weighted by Gasteiger charge is -2.24. The van der Waals surface area contributed by atoms with Crippen molar-refractivity contribution in [2.75, 3.05) is 6.54 Å². The molecule has 1 aromatic carbocycles. The van der Waals surface area contributed by atoms with Crippen LogP contribution in [-0.2, 0) is 15.8 Å². The number of Topliss-reactive ketones (excluding diaryl/α,β-unsaturated/α-hetero) is 1. The summed E-state index contributed by atoms with van der Waals surface area (Å²) in [5.74, 6) is -2.22. The van der Waals surface area contributed by atoms with Gasteiger partial charge >= 0.3 is 6.18 Å². The molecule has 1 amide bonds. The van der Waals surface area contributed by atoms with E-state index in [0.29, 0.717) is 5.69 Å². The zero-order valence-electron chi connectivity index (χ0n) is 15.4. The molecular weight excluding hydrogens is 385 g/mol. The average molecular weight is 402 g/mol. The van der Waals surface area contributed by atoms with Gasteiger partial charge in [-0.25, -0.2) is 0 Å². The van der Waals surface area contributed by atoms with Crippen LogP contribution >= 0.6 is 0 Å². The summed E-state index contributed by atoms with van der Waals surface area (Å²) in [4.78, 5) is 30.4. The van der Waals surface area contributed by atoms with Crippen LogP contribution in [0.15, 0.2) is 60.8 Å². The third-order valence-corrected chi connectivity index (χ3v) is 4.60. The van der Waals surface area contributed by atoms with Gasteiger partial charge < -0.3 is 10.0 Å². The number of halogens is 3. The molecular formula is C21H17F3N2O3. The molecule has 1 atom stereocenters. The van der Waals surface area contributed by atoms with E-state index in [1.165, 1.54) is 24.4 Å². The summed E-state index contributed by atoms with van der Waals surface area (Å²) < 4.78 is 38.7. The Hall–Kier alpha value is -3.42. The van der Waals surface area contributed by atoms with Crippen molar-refractivity contribution in [2.45, 2.75) is 19.1 Å². The molecule has 1 aromatic heterocycles. The zero-order valence-corrected chi connectivity index (χ0v) is 15.4. The Balaban J connectivity index is 2.16. The highest BCUT2D eigenvalue weighted by Gasteiger charge is 2.45. The largest absolute Gasteiger partial charge is 0.507 e. The second kappa shape index (κ2) is 7.54. The number of aliphatic hydroxyl groups is 1. The standard InChI is InChI=1S/C21H17F3N2O3/c1-3-10-26-17(13-6-8-15(9-7-13)21(22,23)24)16(19(28)20(26)29)18(27)14-5-4-12(2)25-11-14/h3-9,11,17,27H,1,10H2,2H3/t17-/m0/s1. The minimum Gasteiger partial charge on any atom is -0.507 e. The third-order valence-electron chi connectivity index (χ3n) is 4.60. The predicted octanol–water partition coefficient (Wildman–Crippen LogP) is 4.02. The summed E-state index contributed by atoms with van der Waals surface area (Å²) in [7, 11) is 0. The minimum atomic E-state index is -4.52. The van der Waals surface area contributed by atoms with Gasteiger partial charge in [0, 0.05) is 24.0 Å². The van der Waals surface area contributed by atoms with Crippen LogP contribution in [0.2, 0.25) is 0 Å². The first-order chi connectivity index (χ1) is 13.6. The monoisotopic (exact) mass is 402 g/mol. The van der Waals surface area contributed by atoms with E-state index in [4.69, 9.17) is 0 Å². The summed E-state index contributed by atoms with van der Waals surface area (Å²) in [5.41, 5.74) is 0.115. The number of rotatable bonds is 4. The van der Waals surface area contributed by atoms with Crippen molar-refractivity contribution >= 4 is 17.4 Å². The Kier molecular flexibility index (Phi) is 5.28. The Morgan fingerprint density at radius 3 is 2.38 bits per heavy atom. The van der Waals surface area contributed by atoms with Gasteiger partial charge in [-0.05, 0) is 36.8 Å². The van der Waals surface area contributed by atoms with E-state index in [-0.39, 0.29) is 23.2 Å². The van der Waals surface area contributed by atoms with E-state index in [2.05, 4.69) is 11.6 Å². The number of amides is 1. The molecule has 8 heteroatoms. The number of benzene rings is 1. The van der Waals surface area contributed by atoms with E-state index >= 15 is 0 Å². The van der Waals surface area contributed by atoms with Crippen LogP contribution in [0.4, 0.5) is 13.2 Å². The van der Waals surface area contributed by atoms with Crippen molar-refractivity contribution in [2.24, 2.45) is 0 Å². The summed E-state index contributed by atoms with van der Waals surface area (Å²) in [6.07, 6.45) is -1.76. The number of hydrogen-bond acceptors (Lipinski definition) is 4. The Bertz CT molecular complexity index is 993. The molecule has 1 fully saturated rings. The number of likely N-dealkylation sites (tertiary alicyclic amines) is 1. The number of ketones is 1. The van der Waals surface area contributed by atoms with E-state index < -0.39 is 35.2 Å². The van der Waals surface area contributed by atoms with Crippen LogP contribution in [0.1, 0.15) is 28.4 Å². The molecule has 1 aliphatic rings. The van der Waals surface area contributed by atoms with Gasteiger partial charge in [0.2, 0.25) is 0 Å². The number of alkyl halides is 3. The van der Waals surface area contributed by atoms with Gasteiger partial charge in [-0.3, -0.25) is 14.6 Å². The summed E-state index contributed by atoms with van der Waals surface area (Å²) in [5, 5.41) is 10.7. The lowest BCUT2D eigenvalue weighted by atomic mass is 9.95. The number of carbonyl (C=O) groups is 2. The van der Waals surface area contributed by atoms with E-state index in [1.54, 1.807) is 19.1 Å². The molecule has 2 heterocycles. The van der Waals surface area contributed by atoms with Gasteiger partial charge in [-0.15, -0.1) is 6.58 Å². The fourth-order valence-corrected chi connectivity index (χ4v) is 3.17. The van der Waals surface area contributed by atoms with E-state index in [0.717, 1.165) is 17.0 Å². The molecule has 0 unspecified atom stereocenters. The molecule has 29 heavy (non-hydrogen) atoms. The third kappa shape index (κ3) is 3.78. The molecule has 150 valence electrons. The Labute approximate surface area is 164 Å². The topological polar surface area (TPSA) is 70.5 Å². The second-order valence-corrected chi connectivity index (χ2v) is 6.55. The number of carbonyl (C=O) groups excluding carboxylic acids is 2. The van der Waals surface area contributed by atoms with Crippen molar-refractivity contribution in [3.63, 3.8) is 0 Å². The molecule has 1 N–H and O–H groups in total. The molecule has 0 saturated carbocycles. The van der Waals surface area contributed by atoms with Gasteiger partial charge in [0.25, 0.3) is 11.7 Å². The normalized spacial score (nSPS) is 18.9. The van der Waals surface area contributed by atoms with Crippen LogP contribution in [0, 0.1) is 6.92 Å². The van der Waals surface area contributed by atoms with Gasteiger partial charge in [0.15, 0.2) is 0 Å². The number of aromatic nitrogens is 1. The number of aliphatic hydroxyl groups excluding tert-OH is 1. The van der Waals surface area contributed by atoms with Crippen LogP contribution in [0.3, 0.4) is 0 Å². The molecule has 0 radical (unpaired) electrons. The first-order valence-electron chi connectivity index (χ1n) is 8.64. The van der Waals surface area contributed by atoms with Crippen molar-refractivity contribution in [1.29, 1.82) is 0 Å². The van der Waals surface area contributed by atoms with Gasteiger partial charge in [-0.1, -0.05) is 18.2 Å². The van der Waals surface area contributed by atoms with Crippen LogP contribution in [0.5, 0.6) is 0 Å². The molecule has 0 bridgehead atoms. The van der Waals surface area contributed by atoms with Crippen molar-refractivity contribution in [3.05, 3.63) is 83.2 Å². The number of hydrogen-bond donors (Lipinski definition) is 1. The minimum absolute atomic E-state index is 0.0147. The van der Waals surface area contributed by atoms with E-state index in [1.807, 2.05) is 0 Å². The highest BCUT2D eigenvalue weighted by Crippen LogP contribution is 2.40.